The van der Waals surface area contributed by atoms with E-state index in [1.807, 2.05) is 0 Å². The maximum Gasteiger partial charge on any atom is 0.251 e. The zero-order valence-electron chi connectivity index (χ0n) is 9.76. The molecule has 1 aromatic rings. The summed E-state index contributed by atoms with van der Waals surface area (Å²) < 4.78 is 0. The summed E-state index contributed by atoms with van der Waals surface area (Å²) in [4.78, 5) is 23.4. The minimum atomic E-state index is -0.501. The number of allylic oxidation sites excluding steroid dienone is 2. The molecule has 0 unspecified atom stereocenters. The van der Waals surface area contributed by atoms with Crippen LogP contribution < -0.4 is 11.1 Å². The summed E-state index contributed by atoms with van der Waals surface area (Å²) in [7, 11) is 0. The lowest BCUT2D eigenvalue weighted by Gasteiger charge is -2.17. The van der Waals surface area contributed by atoms with Crippen molar-refractivity contribution in [2.45, 2.75) is 12.8 Å². The van der Waals surface area contributed by atoms with Gasteiger partial charge in [0, 0.05) is 5.92 Å². The van der Waals surface area contributed by atoms with Gasteiger partial charge < -0.3 is 11.1 Å². The van der Waals surface area contributed by atoms with Gasteiger partial charge in [-0.1, -0.05) is 12.2 Å². The van der Waals surface area contributed by atoms with Crippen molar-refractivity contribution in [3.63, 3.8) is 0 Å². The van der Waals surface area contributed by atoms with Gasteiger partial charge in [-0.05, 0) is 36.1 Å². The predicted octanol–water partition coefficient (Wildman–Crippen LogP) is 2.00. The fourth-order valence-corrected chi connectivity index (χ4v) is 3.68. The van der Waals surface area contributed by atoms with E-state index in [0.717, 1.165) is 12.8 Å². The second-order valence-electron chi connectivity index (χ2n) is 4.90. The standard InChI is InChI=1S/C13H14N2O2S/c14-11(16)9-3-4-18-13(9)15-12(17)10-6-7-1-2-8(10)5-7/h1-4,7-8,10H,5-6H2,(H2,14,16)(H,15,17)/t7-,8-,10+/m0/s1. The van der Waals surface area contributed by atoms with Crippen LogP contribution in [-0.4, -0.2) is 11.8 Å². The highest BCUT2D eigenvalue weighted by molar-refractivity contribution is 7.14. The summed E-state index contributed by atoms with van der Waals surface area (Å²) in [6, 6.07) is 1.64. The SMILES string of the molecule is NC(=O)c1ccsc1NC(=O)[C@@H]1C[C@H]2C=C[C@H]1C2. The molecule has 0 radical (unpaired) electrons. The zero-order valence-corrected chi connectivity index (χ0v) is 10.6. The first-order valence-electron chi connectivity index (χ1n) is 6.01. The van der Waals surface area contributed by atoms with E-state index >= 15 is 0 Å². The van der Waals surface area contributed by atoms with E-state index in [9.17, 15) is 9.59 Å². The van der Waals surface area contributed by atoms with Crippen molar-refractivity contribution < 1.29 is 9.59 Å². The van der Waals surface area contributed by atoms with Crippen LogP contribution in [0.15, 0.2) is 23.6 Å². The van der Waals surface area contributed by atoms with Gasteiger partial charge in [0.25, 0.3) is 5.91 Å². The van der Waals surface area contributed by atoms with Gasteiger partial charge in [-0.25, -0.2) is 0 Å². The molecule has 5 heteroatoms. The summed E-state index contributed by atoms with van der Waals surface area (Å²) >= 11 is 1.33. The first-order chi connectivity index (χ1) is 8.65. The summed E-state index contributed by atoms with van der Waals surface area (Å²) in [6.45, 7) is 0. The van der Waals surface area contributed by atoms with Crippen LogP contribution in [0.3, 0.4) is 0 Å². The average Bonchev–Trinajstić information content (AvgIpc) is 3.03. The van der Waals surface area contributed by atoms with Gasteiger partial charge in [0.2, 0.25) is 5.91 Å². The fraction of sp³-hybridized carbons (Fsp3) is 0.385. The average molecular weight is 262 g/mol. The Bertz CT molecular complexity index is 535. The van der Waals surface area contributed by atoms with Gasteiger partial charge in [0.1, 0.15) is 5.00 Å². The number of hydrogen-bond donors (Lipinski definition) is 2. The minimum Gasteiger partial charge on any atom is -0.366 e. The molecule has 3 atom stereocenters. The molecule has 0 saturated heterocycles. The van der Waals surface area contributed by atoms with Gasteiger partial charge in [0.15, 0.2) is 0 Å². The molecule has 94 valence electrons. The largest absolute Gasteiger partial charge is 0.366 e. The number of nitrogens with one attached hydrogen (secondary N) is 1. The van der Waals surface area contributed by atoms with Crippen molar-refractivity contribution in [3.8, 4) is 0 Å². The van der Waals surface area contributed by atoms with Gasteiger partial charge in [0.05, 0.1) is 5.56 Å². The second-order valence-corrected chi connectivity index (χ2v) is 5.82. The van der Waals surface area contributed by atoms with Crippen molar-refractivity contribution in [1.82, 2.24) is 0 Å². The highest BCUT2D eigenvalue weighted by atomic mass is 32.1. The first kappa shape index (κ1) is 11.5. The third-order valence-electron chi connectivity index (χ3n) is 3.78. The normalized spacial score (nSPS) is 28.6. The molecule has 1 aromatic heterocycles. The molecule has 18 heavy (non-hydrogen) atoms. The molecule has 0 spiro atoms. The number of nitrogens with two attached hydrogens (primary N) is 1. The van der Waals surface area contributed by atoms with Gasteiger partial charge >= 0.3 is 0 Å². The lowest BCUT2D eigenvalue weighted by atomic mass is 9.93. The zero-order chi connectivity index (χ0) is 12.7. The molecule has 1 fully saturated rings. The second kappa shape index (κ2) is 4.24. The molecule has 2 aliphatic rings. The highest BCUT2D eigenvalue weighted by Crippen LogP contribution is 2.44. The monoisotopic (exact) mass is 262 g/mol. The van der Waals surface area contributed by atoms with E-state index in [1.54, 1.807) is 11.4 Å². The van der Waals surface area contributed by atoms with Crippen LogP contribution in [0.4, 0.5) is 5.00 Å². The van der Waals surface area contributed by atoms with Gasteiger partial charge in [-0.2, -0.15) is 0 Å². The molecule has 0 aromatic carbocycles. The molecule has 1 heterocycles. The van der Waals surface area contributed by atoms with Crippen LogP contribution in [0.25, 0.3) is 0 Å². The summed E-state index contributed by atoms with van der Waals surface area (Å²) in [6.07, 6.45) is 6.35. The Hall–Kier alpha value is -1.62. The maximum absolute atomic E-state index is 12.2. The molecular formula is C13H14N2O2S. The van der Waals surface area contributed by atoms with E-state index < -0.39 is 5.91 Å². The van der Waals surface area contributed by atoms with Crippen LogP contribution >= 0.6 is 11.3 Å². The van der Waals surface area contributed by atoms with E-state index in [2.05, 4.69) is 17.5 Å². The Morgan fingerprint density at radius 2 is 2.17 bits per heavy atom. The first-order valence-corrected chi connectivity index (χ1v) is 6.89. The number of rotatable bonds is 3. The number of fused-ring (bicyclic) bond motifs is 2. The Balaban J connectivity index is 1.73. The highest BCUT2D eigenvalue weighted by Gasteiger charge is 2.40. The van der Waals surface area contributed by atoms with Crippen molar-refractivity contribution >= 4 is 28.2 Å². The Morgan fingerprint density at radius 1 is 1.33 bits per heavy atom. The number of anilines is 1. The lowest BCUT2D eigenvalue weighted by molar-refractivity contribution is -0.120. The molecule has 2 bridgehead atoms. The van der Waals surface area contributed by atoms with Crippen molar-refractivity contribution in [2.24, 2.45) is 23.5 Å². The Labute approximate surface area is 109 Å². The van der Waals surface area contributed by atoms with E-state index in [0.29, 0.717) is 22.4 Å². The number of carbonyl (C=O) groups is 2. The molecule has 2 aliphatic carbocycles. The smallest absolute Gasteiger partial charge is 0.251 e. The van der Waals surface area contributed by atoms with Crippen LogP contribution in [0, 0.1) is 17.8 Å². The van der Waals surface area contributed by atoms with Crippen molar-refractivity contribution in [2.75, 3.05) is 5.32 Å². The Morgan fingerprint density at radius 3 is 2.78 bits per heavy atom. The molecule has 1 saturated carbocycles. The van der Waals surface area contributed by atoms with E-state index in [1.165, 1.54) is 11.3 Å². The van der Waals surface area contributed by atoms with Crippen LogP contribution in [0.2, 0.25) is 0 Å². The third kappa shape index (κ3) is 1.84. The number of amides is 2. The maximum atomic E-state index is 12.2. The van der Waals surface area contributed by atoms with Crippen LogP contribution in [-0.2, 0) is 4.79 Å². The molecule has 3 N–H and O–H groups in total. The number of thiophene rings is 1. The molecular weight excluding hydrogens is 248 g/mol. The topological polar surface area (TPSA) is 72.2 Å². The molecule has 2 amide bonds. The summed E-state index contributed by atoms with van der Waals surface area (Å²) in [5.74, 6) is 0.482. The summed E-state index contributed by atoms with van der Waals surface area (Å²) in [5, 5.41) is 5.17. The number of hydrogen-bond acceptors (Lipinski definition) is 3. The van der Waals surface area contributed by atoms with Gasteiger partial charge in [-0.15, -0.1) is 11.3 Å². The summed E-state index contributed by atoms with van der Waals surface area (Å²) in [5.41, 5.74) is 5.65. The quantitative estimate of drug-likeness (QED) is 0.818. The fourth-order valence-electron chi connectivity index (χ4n) is 2.89. The molecule has 3 rings (SSSR count). The number of primary amides is 1. The predicted molar refractivity (Wildman–Crippen MR) is 70.3 cm³/mol. The minimum absolute atomic E-state index is 0.0109. The Kier molecular flexibility index (Phi) is 2.70. The van der Waals surface area contributed by atoms with E-state index in [-0.39, 0.29) is 11.8 Å². The van der Waals surface area contributed by atoms with Crippen molar-refractivity contribution in [3.05, 3.63) is 29.2 Å². The number of carbonyl (C=O) groups excluding carboxylic acids is 2. The van der Waals surface area contributed by atoms with Crippen LogP contribution in [0.5, 0.6) is 0 Å². The van der Waals surface area contributed by atoms with Gasteiger partial charge in [-0.3, -0.25) is 9.59 Å². The lowest BCUT2D eigenvalue weighted by Crippen LogP contribution is -2.26. The van der Waals surface area contributed by atoms with E-state index in [4.69, 9.17) is 5.73 Å². The van der Waals surface area contributed by atoms with Crippen molar-refractivity contribution in [1.29, 1.82) is 0 Å². The molecule has 0 aliphatic heterocycles. The third-order valence-corrected chi connectivity index (χ3v) is 4.61. The van der Waals surface area contributed by atoms with Crippen LogP contribution in [0.1, 0.15) is 23.2 Å². The molecule has 4 nitrogen and oxygen atoms in total.